The van der Waals surface area contributed by atoms with E-state index in [9.17, 15) is 8.78 Å². The van der Waals surface area contributed by atoms with E-state index >= 15 is 0 Å². The van der Waals surface area contributed by atoms with Crippen LogP contribution in [0.25, 0.3) is 0 Å². The molecule has 1 atom stereocenters. The summed E-state index contributed by atoms with van der Waals surface area (Å²) in [6.07, 6.45) is 7.25. The first-order chi connectivity index (χ1) is 14.1. The zero-order valence-electron chi connectivity index (χ0n) is 17.6. The maximum Gasteiger partial charge on any atom is 0.129 e. The first-order valence-electron chi connectivity index (χ1n) is 10.9. The van der Waals surface area contributed by atoms with Crippen LogP contribution >= 0.6 is 0 Å². The van der Waals surface area contributed by atoms with Crippen LogP contribution in [0, 0.1) is 25.5 Å². The van der Waals surface area contributed by atoms with Gasteiger partial charge in [-0.25, -0.2) is 8.78 Å². The first-order valence-corrected chi connectivity index (χ1v) is 10.9. The Morgan fingerprint density at radius 2 is 1.59 bits per heavy atom. The van der Waals surface area contributed by atoms with Crippen molar-refractivity contribution in [2.75, 3.05) is 13.2 Å². The lowest BCUT2D eigenvalue weighted by molar-refractivity contribution is 0.0471. The van der Waals surface area contributed by atoms with Crippen LogP contribution in [-0.2, 0) is 11.2 Å². The van der Waals surface area contributed by atoms with Crippen LogP contribution < -0.4 is 5.32 Å². The number of halogens is 2. The Morgan fingerprint density at radius 1 is 0.966 bits per heavy atom. The Morgan fingerprint density at radius 3 is 2.24 bits per heavy atom. The van der Waals surface area contributed by atoms with Crippen LogP contribution in [0.5, 0.6) is 0 Å². The van der Waals surface area contributed by atoms with Crippen LogP contribution in [0.3, 0.4) is 0 Å². The third-order valence-corrected chi connectivity index (χ3v) is 6.01. The van der Waals surface area contributed by atoms with E-state index in [0.717, 1.165) is 6.54 Å². The van der Waals surface area contributed by atoms with E-state index in [0.29, 0.717) is 25.5 Å². The number of hydrogen-bond acceptors (Lipinski definition) is 2. The fraction of sp³-hybridized carbons (Fsp3) is 0.520. The summed E-state index contributed by atoms with van der Waals surface area (Å²) in [4.78, 5) is 0. The van der Waals surface area contributed by atoms with E-state index in [-0.39, 0.29) is 11.7 Å². The Balaban J connectivity index is 1.61. The van der Waals surface area contributed by atoms with Crippen LogP contribution in [0.2, 0.25) is 0 Å². The minimum Gasteiger partial charge on any atom is -0.372 e. The molecule has 3 rings (SSSR count). The molecule has 0 aromatic heterocycles. The topological polar surface area (TPSA) is 21.3 Å². The fourth-order valence-electron chi connectivity index (χ4n) is 4.41. The summed E-state index contributed by atoms with van der Waals surface area (Å²) in [6, 6.07) is 10.9. The number of ether oxygens (including phenoxy) is 1. The second-order valence-electron chi connectivity index (χ2n) is 8.21. The van der Waals surface area contributed by atoms with Crippen molar-refractivity contribution in [2.24, 2.45) is 0 Å². The molecule has 0 spiro atoms. The van der Waals surface area contributed by atoms with Gasteiger partial charge in [0.25, 0.3) is 0 Å². The van der Waals surface area contributed by atoms with E-state index in [1.54, 1.807) is 0 Å². The van der Waals surface area contributed by atoms with Gasteiger partial charge in [0, 0.05) is 24.8 Å². The summed E-state index contributed by atoms with van der Waals surface area (Å²) in [5.41, 5.74) is 3.83. The molecule has 0 bridgehead atoms. The summed E-state index contributed by atoms with van der Waals surface area (Å²) in [5.74, 6) is -0.953. The molecule has 2 nitrogen and oxygen atoms in total. The van der Waals surface area contributed by atoms with E-state index in [1.165, 1.54) is 67.0 Å². The Kier molecular flexibility index (Phi) is 8.19. The lowest BCUT2D eigenvalue weighted by atomic mass is 9.94. The Labute approximate surface area is 173 Å². The van der Waals surface area contributed by atoms with Gasteiger partial charge in [0.1, 0.15) is 11.6 Å². The molecular weight excluding hydrogens is 368 g/mol. The molecule has 2 aromatic rings. The van der Waals surface area contributed by atoms with E-state index < -0.39 is 11.6 Å². The summed E-state index contributed by atoms with van der Waals surface area (Å²) in [5, 5.41) is 3.71. The molecule has 0 saturated heterocycles. The van der Waals surface area contributed by atoms with Gasteiger partial charge in [0.05, 0.1) is 6.10 Å². The van der Waals surface area contributed by atoms with Gasteiger partial charge in [-0.05, 0) is 68.4 Å². The van der Waals surface area contributed by atoms with E-state index in [4.69, 9.17) is 4.74 Å². The standard InChI is InChI=1S/C25H33F2NO/c1-18-9-6-10-19(2)25(18)24(17-28-20-11-4-3-5-12-20)29-16-8-13-21-22(26)14-7-15-23(21)27/h6-7,9-10,14-15,20,24,28H,3-5,8,11-13,16-17H2,1-2H3. The van der Waals surface area contributed by atoms with Gasteiger partial charge < -0.3 is 10.1 Å². The lowest BCUT2D eigenvalue weighted by Crippen LogP contribution is -2.35. The van der Waals surface area contributed by atoms with Crippen molar-refractivity contribution in [1.82, 2.24) is 5.32 Å². The van der Waals surface area contributed by atoms with Gasteiger partial charge in [-0.2, -0.15) is 0 Å². The normalized spacial score (nSPS) is 16.1. The smallest absolute Gasteiger partial charge is 0.129 e. The average Bonchev–Trinajstić information content (AvgIpc) is 2.71. The number of benzene rings is 2. The minimum absolute atomic E-state index is 0.0522. The molecule has 29 heavy (non-hydrogen) atoms. The molecule has 1 saturated carbocycles. The van der Waals surface area contributed by atoms with Crippen LogP contribution in [0.15, 0.2) is 36.4 Å². The summed E-state index contributed by atoms with van der Waals surface area (Å²) in [6.45, 7) is 5.48. The van der Waals surface area contributed by atoms with Crippen molar-refractivity contribution in [1.29, 1.82) is 0 Å². The highest BCUT2D eigenvalue weighted by Gasteiger charge is 2.20. The molecule has 1 N–H and O–H groups in total. The highest BCUT2D eigenvalue weighted by molar-refractivity contribution is 5.35. The lowest BCUT2D eigenvalue weighted by Gasteiger charge is -2.28. The SMILES string of the molecule is Cc1cccc(C)c1C(CNC1CCCCC1)OCCCc1c(F)cccc1F. The van der Waals surface area contributed by atoms with Crippen molar-refractivity contribution in [2.45, 2.75) is 70.9 Å². The Bertz CT molecular complexity index is 746. The molecule has 4 heteroatoms. The maximum atomic E-state index is 13.8. The molecule has 2 aromatic carbocycles. The predicted octanol–water partition coefficient (Wildman–Crippen LogP) is 6.19. The molecule has 1 fully saturated rings. The molecule has 0 radical (unpaired) electrons. The fourth-order valence-corrected chi connectivity index (χ4v) is 4.41. The molecule has 1 aliphatic rings. The maximum absolute atomic E-state index is 13.8. The van der Waals surface area contributed by atoms with Crippen LogP contribution in [0.1, 0.15) is 66.9 Å². The quantitative estimate of drug-likeness (QED) is 0.506. The van der Waals surface area contributed by atoms with Gasteiger partial charge in [0.2, 0.25) is 0 Å². The number of hydrogen-bond donors (Lipinski definition) is 1. The van der Waals surface area contributed by atoms with Crippen molar-refractivity contribution in [3.8, 4) is 0 Å². The first kappa shape index (κ1) is 21.9. The second kappa shape index (κ2) is 10.8. The van der Waals surface area contributed by atoms with Crippen molar-refractivity contribution < 1.29 is 13.5 Å². The highest BCUT2D eigenvalue weighted by atomic mass is 19.1. The van der Waals surface area contributed by atoms with Crippen LogP contribution in [-0.4, -0.2) is 19.2 Å². The molecule has 1 aliphatic carbocycles. The number of nitrogens with one attached hydrogen (secondary N) is 1. The highest BCUT2D eigenvalue weighted by Crippen LogP contribution is 2.26. The largest absolute Gasteiger partial charge is 0.372 e. The van der Waals surface area contributed by atoms with Crippen molar-refractivity contribution >= 4 is 0 Å². The molecule has 158 valence electrons. The molecular formula is C25H33F2NO. The van der Waals surface area contributed by atoms with Crippen molar-refractivity contribution in [3.63, 3.8) is 0 Å². The van der Waals surface area contributed by atoms with Gasteiger partial charge >= 0.3 is 0 Å². The monoisotopic (exact) mass is 401 g/mol. The van der Waals surface area contributed by atoms with Crippen LogP contribution in [0.4, 0.5) is 8.78 Å². The summed E-state index contributed by atoms with van der Waals surface area (Å²) >= 11 is 0. The van der Waals surface area contributed by atoms with E-state index in [2.05, 4.69) is 37.4 Å². The third-order valence-electron chi connectivity index (χ3n) is 6.01. The summed E-state index contributed by atoms with van der Waals surface area (Å²) < 4.78 is 34.0. The third kappa shape index (κ3) is 6.10. The van der Waals surface area contributed by atoms with Gasteiger partial charge in [-0.15, -0.1) is 0 Å². The zero-order valence-corrected chi connectivity index (χ0v) is 17.6. The summed E-state index contributed by atoms with van der Waals surface area (Å²) in [7, 11) is 0. The minimum atomic E-state index is -0.477. The molecule has 0 aliphatic heterocycles. The van der Waals surface area contributed by atoms with Gasteiger partial charge in [-0.3, -0.25) is 0 Å². The predicted molar refractivity (Wildman–Crippen MR) is 114 cm³/mol. The van der Waals surface area contributed by atoms with Crippen molar-refractivity contribution in [3.05, 3.63) is 70.3 Å². The van der Waals surface area contributed by atoms with Gasteiger partial charge in [0.15, 0.2) is 0 Å². The number of rotatable bonds is 9. The Hall–Kier alpha value is -1.78. The second-order valence-corrected chi connectivity index (χ2v) is 8.21. The average molecular weight is 402 g/mol. The van der Waals surface area contributed by atoms with Gasteiger partial charge in [-0.1, -0.05) is 43.5 Å². The molecule has 0 heterocycles. The van der Waals surface area contributed by atoms with E-state index in [1.807, 2.05) is 0 Å². The molecule has 0 amide bonds. The molecule has 1 unspecified atom stereocenters. The number of aryl methyl sites for hydroxylation is 2. The zero-order chi connectivity index (χ0) is 20.6.